The molecule has 0 aliphatic rings. The standard InChI is InChI=1S/C17H11Cl3N2O3/c18-12-5-14(20)15(6-13(12)19)24-8-17(23)22-11-3-1-2-10(4-11)16-7-21-9-25-16/h1-7,9H,8H2,(H,22,23). The lowest BCUT2D eigenvalue weighted by Gasteiger charge is -2.10. The Morgan fingerprint density at radius 2 is 1.92 bits per heavy atom. The molecule has 1 heterocycles. The van der Waals surface area contributed by atoms with E-state index in [1.54, 1.807) is 24.4 Å². The number of hydrogen-bond acceptors (Lipinski definition) is 4. The summed E-state index contributed by atoms with van der Waals surface area (Å²) in [4.78, 5) is 15.9. The van der Waals surface area contributed by atoms with E-state index in [9.17, 15) is 4.79 Å². The molecule has 0 fully saturated rings. The van der Waals surface area contributed by atoms with Gasteiger partial charge in [0.25, 0.3) is 5.91 Å². The summed E-state index contributed by atoms with van der Waals surface area (Å²) in [5, 5.41) is 3.61. The minimum Gasteiger partial charge on any atom is -0.482 e. The summed E-state index contributed by atoms with van der Waals surface area (Å²) in [5.41, 5.74) is 1.39. The fourth-order valence-corrected chi connectivity index (χ4v) is 2.66. The van der Waals surface area contributed by atoms with Crippen LogP contribution in [0.25, 0.3) is 11.3 Å². The Hall–Kier alpha value is -2.21. The zero-order chi connectivity index (χ0) is 17.8. The van der Waals surface area contributed by atoms with Gasteiger partial charge in [0, 0.05) is 17.3 Å². The molecule has 0 unspecified atom stereocenters. The fraction of sp³-hybridized carbons (Fsp3) is 0.0588. The third-order valence-electron chi connectivity index (χ3n) is 3.20. The number of carbonyl (C=O) groups excluding carboxylic acids is 1. The van der Waals surface area contributed by atoms with Gasteiger partial charge in [-0.25, -0.2) is 4.98 Å². The summed E-state index contributed by atoms with van der Waals surface area (Å²) in [6.07, 6.45) is 2.94. The molecular weight excluding hydrogens is 387 g/mol. The number of amides is 1. The molecule has 128 valence electrons. The minimum atomic E-state index is -0.350. The smallest absolute Gasteiger partial charge is 0.262 e. The van der Waals surface area contributed by atoms with Crippen molar-refractivity contribution in [2.24, 2.45) is 0 Å². The number of nitrogens with one attached hydrogen (secondary N) is 1. The summed E-state index contributed by atoms with van der Waals surface area (Å²) >= 11 is 17.8. The normalized spacial score (nSPS) is 10.5. The molecule has 0 atom stereocenters. The zero-order valence-electron chi connectivity index (χ0n) is 12.6. The molecule has 0 aliphatic heterocycles. The van der Waals surface area contributed by atoms with Gasteiger partial charge in [-0.05, 0) is 18.2 Å². The highest BCUT2D eigenvalue weighted by Crippen LogP contribution is 2.33. The van der Waals surface area contributed by atoms with E-state index in [0.717, 1.165) is 5.56 Å². The van der Waals surface area contributed by atoms with E-state index in [-0.39, 0.29) is 23.3 Å². The van der Waals surface area contributed by atoms with Gasteiger partial charge in [-0.15, -0.1) is 0 Å². The Morgan fingerprint density at radius 1 is 1.12 bits per heavy atom. The first kappa shape index (κ1) is 17.6. The van der Waals surface area contributed by atoms with Crippen LogP contribution in [0, 0.1) is 0 Å². The van der Waals surface area contributed by atoms with Crippen LogP contribution in [0.2, 0.25) is 15.1 Å². The third-order valence-corrected chi connectivity index (χ3v) is 4.21. The molecule has 1 amide bonds. The van der Waals surface area contributed by atoms with Gasteiger partial charge in [0.1, 0.15) is 5.75 Å². The lowest BCUT2D eigenvalue weighted by Crippen LogP contribution is -2.20. The molecule has 1 N–H and O–H groups in total. The summed E-state index contributed by atoms with van der Waals surface area (Å²) in [6, 6.07) is 10.1. The Bertz CT molecular complexity index is 898. The van der Waals surface area contributed by atoms with Gasteiger partial charge in [-0.2, -0.15) is 0 Å². The summed E-state index contributed by atoms with van der Waals surface area (Å²) < 4.78 is 10.6. The van der Waals surface area contributed by atoms with Gasteiger partial charge in [0.05, 0.1) is 21.3 Å². The van der Waals surface area contributed by atoms with Crippen LogP contribution in [0.3, 0.4) is 0 Å². The average Bonchev–Trinajstić information content (AvgIpc) is 3.12. The van der Waals surface area contributed by atoms with Crippen LogP contribution in [0.4, 0.5) is 5.69 Å². The zero-order valence-corrected chi connectivity index (χ0v) is 14.9. The predicted octanol–water partition coefficient (Wildman–Crippen LogP) is 5.32. The minimum absolute atomic E-state index is 0.232. The van der Waals surface area contributed by atoms with Crippen molar-refractivity contribution in [2.45, 2.75) is 0 Å². The van der Waals surface area contributed by atoms with Crippen LogP contribution < -0.4 is 10.1 Å². The van der Waals surface area contributed by atoms with E-state index in [1.165, 1.54) is 18.5 Å². The van der Waals surface area contributed by atoms with E-state index >= 15 is 0 Å². The molecule has 0 aliphatic carbocycles. The Balaban J connectivity index is 1.63. The first-order valence-corrected chi connectivity index (χ1v) is 8.22. The van der Waals surface area contributed by atoms with Gasteiger partial charge >= 0.3 is 0 Å². The summed E-state index contributed by atoms with van der Waals surface area (Å²) in [5.74, 6) is 0.536. The second-order valence-electron chi connectivity index (χ2n) is 4.98. The van der Waals surface area contributed by atoms with Crippen LogP contribution in [0.1, 0.15) is 0 Å². The van der Waals surface area contributed by atoms with Crippen molar-refractivity contribution < 1.29 is 13.9 Å². The molecule has 1 aromatic heterocycles. The molecule has 0 spiro atoms. The number of halogens is 3. The second kappa shape index (κ2) is 7.78. The molecule has 5 nitrogen and oxygen atoms in total. The number of nitrogens with zero attached hydrogens (tertiary/aromatic N) is 1. The quantitative estimate of drug-likeness (QED) is 0.592. The maximum atomic E-state index is 12.1. The summed E-state index contributed by atoms with van der Waals surface area (Å²) in [6.45, 7) is -0.232. The first-order valence-electron chi connectivity index (χ1n) is 7.09. The number of rotatable bonds is 5. The topological polar surface area (TPSA) is 64.4 Å². The third kappa shape index (κ3) is 4.45. The molecule has 0 bridgehead atoms. The molecule has 2 aromatic carbocycles. The highest BCUT2D eigenvalue weighted by molar-refractivity contribution is 6.43. The number of oxazole rings is 1. The second-order valence-corrected chi connectivity index (χ2v) is 6.20. The molecular formula is C17H11Cl3N2O3. The van der Waals surface area contributed by atoms with Crippen molar-refractivity contribution in [1.29, 1.82) is 0 Å². The van der Waals surface area contributed by atoms with Crippen molar-refractivity contribution in [3.8, 4) is 17.1 Å². The largest absolute Gasteiger partial charge is 0.482 e. The van der Waals surface area contributed by atoms with E-state index in [4.69, 9.17) is 44.0 Å². The van der Waals surface area contributed by atoms with Crippen LogP contribution in [-0.4, -0.2) is 17.5 Å². The molecule has 3 rings (SSSR count). The maximum absolute atomic E-state index is 12.1. The Morgan fingerprint density at radius 3 is 2.68 bits per heavy atom. The van der Waals surface area contributed by atoms with Gasteiger partial charge in [-0.3, -0.25) is 4.79 Å². The number of aromatic nitrogens is 1. The number of hydrogen-bond donors (Lipinski definition) is 1. The van der Waals surface area contributed by atoms with E-state index in [0.29, 0.717) is 21.5 Å². The lowest BCUT2D eigenvalue weighted by atomic mass is 10.1. The van der Waals surface area contributed by atoms with Crippen LogP contribution in [0.5, 0.6) is 5.75 Å². The van der Waals surface area contributed by atoms with E-state index in [1.807, 2.05) is 6.07 Å². The van der Waals surface area contributed by atoms with Crippen molar-refractivity contribution in [3.63, 3.8) is 0 Å². The monoisotopic (exact) mass is 396 g/mol. The van der Waals surface area contributed by atoms with E-state index < -0.39 is 0 Å². The lowest BCUT2D eigenvalue weighted by molar-refractivity contribution is -0.118. The highest BCUT2D eigenvalue weighted by atomic mass is 35.5. The van der Waals surface area contributed by atoms with Gasteiger partial charge < -0.3 is 14.5 Å². The molecule has 8 heteroatoms. The van der Waals surface area contributed by atoms with Gasteiger partial charge in [-0.1, -0.05) is 46.9 Å². The van der Waals surface area contributed by atoms with Gasteiger partial charge in [0.2, 0.25) is 0 Å². The van der Waals surface area contributed by atoms with Crippen molar-refractivity contribution >= 4 is 46.4 Å². The number of anilines is 1. The number of benzene rings is 2. The predicted molar refractivity (Wildman–Crippen MR) is 97.5 cm³/mol. The maximum Gasteiger partial charge on any atom is 0.262 e. The molecule has 0 radical (unpaired) electrons. The average molecular weight is 398 g/mol. The van der Waals surface area contributed by atoms with Crippen molar-refractivity contribution in [3.05, 3.63) is 64.1 Å². The van der Waals surface area contributed by atoms with Crippen molar-refractivity contribution in [2.75, 3.05) is 11.9 Å². The van der Waals surface area contributed by atoms with E-state index in [2.05, 4.69) is 10.3 Å². The Labute approximate surface area is 158 Å². The molecule has 0 saturated carbocycles. The van der Waals surface area contributed by atoms with Crippen LogP contribution in [0.15, 0.2) is 53.4 Å². The van der Waals surface area contributed by atoms with Crippen LogP contribution in [-0.2, 0) is 4.79 Å². The molecule has 25 heavy (non-hydrogen) atoms. The Kier molecular flexibility index (Phi) is 5.48. The van der Waals surface area contributed by atoms with Gasteiger partial charge in [0.15, 0.2) is 18.8 Å². The number of ether oxygens (including phenoxy) is 1. The summed E-state index contributed by atoms with van der Waals surface area (Å²) in [7, 11) is 0. The SMILES string of the molecule is O=C(COc1cc(Cl)c(Cl)cc1Cl)Nc1cccc(-c2cnco2)c1. The fourth-order valence-electron chi connectivity index (χ4n) is 2.06. The first-order chi connectivity index (χ1) is 12.0. The van der Waals surface area contributed by atoms with Crippen LogP contribution >= 0.6 is 34.8 Å². The molecule has 3 aromatic rings. The molecule has 0 saturated heterocycles. The van der Waals surface area contributed by atoms with Crippen molar-refractivity contribution in [1.82, 2.24) is 4.98 Å². The highest BCUT2D eigenvalue weighted by Gasteiger charge is 2.10. The number of carbonyl (C=O) groups is 1.